The van der Waals surface area contributed by atoms with E-state index in [0.29, 0.717) is 25.7 Å². The van der Waals surface area contributed by atoms with Gasteiger partial charge in [0.05, 0.1) is 5.41 Å². The van der Waals surface area contributed by atoms with Crippen LogP contribution in [0.25, 0.3) is 11.1 Å². The van der Waals surface area contributed by atoms with Crippen LogP contribution >= 0.6 is 0 Å². The average Bonchev–Trinajstić information content (AvgIpc) is 3.36. The number of benzene rings is 2. The van der Waals surface area contributed by atoms with Crippen LogP contribution in [0.2, 0.25) is 0 Å². The number of rotatable bonds is 8. The van der Waals surface area contributed by atoms with Crippen molar-refractivity contribution in [2.75, 3.05) is 6.61 Å². The fraction of sp³-hybridized carbons (Fsp3) is 0.444. The number of amides is 2. The molecule has 2 unspecified atom stereocenters. The van der Waals surface area contributed by atoms with Gasteiger partial charge in [-0.3, -0.25) is 9.59 Å². The molecule has 0 aliphatic heterocycles. The highest BCUT2D eigenvalue weighted by atomic mass is 16.5. The summed E-state index contributed by atoms with van der Waals surface area (Å²) in [6.07, 6.45) is 2.34. The molecule has 3 atom stereocenters. The third-order valence-corrected chi connectivity index (χ3v) is 7.29. The lowest BCUT2D eigenvalue weighted by Gasteiger charge is -2.29. The predicted molar refractivity (Wildman–Crippen MR) is 128 cm³/mol. The number of fused-ring (bicyclic) bond motifs is 3. The lowest BCUT2D eigenvalue weighted by atomic mass is 9.84. The first-order valence-corrected chi connectivity index (χ1v) is 12.0. The summed E-state index contributed by atoms with van der Waals surface area (Å²) in [5, 5.41) is 15.2. The summed E-state index contributed by atoms with van der Waals surface area (Å²) in [7, 11) is 0. The number of carboxylic acid groups (broad SMARTS) is 1. The van der Waals surface area contributed by atoms with E-state index in [1.54, 1.807) is 6.92 Å². The molecule has 0 saturated heterocycles. The van der Waals surface area contributed by atoms with Crippen molar-refractivity contribution in [2.45, 2.75) is 64.0 Å². The van der Waals surface area contributed by atoms with Crippen molar-refractivity contribution in [1.29, 1.82) is 0 Å². The zero-order valence-electron chi connectivity index (χ0n) is 19.7. The maximum atomic E-state index is 12.9. The molecule has 0 bridgehead atoms. The molecule has 180 valence electrons. The standard InChI is InChI=1S/C27H32N2O5/c1-3-9-22(24(30)29-23-14-8-15-27(23,2)25(31)32)28-26(33)34-16-21-19-12-6-4-10-17(19)18-11-5-7-13-20(18)21/h4-7,10-13,21-23H,3,8-9,14-16H2,1-2H3,(H,28,33)(H,29,30)(H,31,32)/t22-,23?,27?/m1/s1. The normalized spacial score (nSPS) is 21.9. The molecule has 2 aliphatic carbocycles. The molecule has 7 heteroatoms. The van der Waals surface area contributed by atoms with Gasteiger partial charge in [-0.25, -0.2) is 4.79 Å². The van der Waals surface area contributed by atoms with Crippen LogP contribution < -0.4 is 10.6 Å². The molecule has 2 aromatic carbocycles. The van der Waals surface area contributed by atoms with E-state index in [4.69, 9.17) is 4.74 Å². The summed E-state index contributed by atoms with van der Waals surface area (Å²) in [6, 6.07) is 15.0. The van der Waals surface area contributed by atoms with Crippen LogP contribution in [-0.2, 0) is 14.3 Å². The number of carboxylic acids is 1. The molecule has 2 amide bonds. The molecule has 7 nitrogen and oxygen atoms in total. The van der Waals surface area contributed by atoms with Gasteiger partial charge in [-0.05, 0) is 48.4 Å². The summed E-state index contributed by atoms with van der Waals surface area (Å²) in [6.45, 7) is 3.76. The Morgan fingerprint density at radius 2 is 1.71 bits per heavy atom. The summed E-state index contributed by atoms with van der Waals surface area (Å²) in [5.41, 5.74) is 3.54. The van der Waals surface area contributed by atoms with Crippen molar-refractivity contribution in [3.63, 3.8) is 0 Å². The fourth-order valence-electron chi connectivity index (χ4n) is 5.27. The Balaban J connectivity index is 1.39. The highest BCUT2D eigenvalue weighted by Crippen LogP contribution is 2.44. The molecular weight excluding hydrogens is 432 g/mol. The zero-order chi connectivity index (χ0) is 24.3. The Bertz CT molecular complexity index is 1040. The third kappa shape index (κ3) is 4.52. The molecule has 1 saturated carbocycles. The topological polar surface area (TPSA) is 105 Å². The molecule has 2 aliphatic rings. The van der Waals surface area contributed by atoms with Crippen molar-refractivity contribution in [1.82, 2.24) is 10.6 Å². The second kappa shape index (κ2) is 9.87. The van der Waals surface area contributed by atoms with E-state index in [0.717, 1.165) is 28.7 Å². The summed E-state index contributed by atoms with van der Waals surface area (Å²) < 4.78 is 5.59. The van der Waals surface area contributed by atoms with E-state index in [2.05, 4.69) is 34.9 Å². The number of nitrogens with one attached hydrogen (secondary N) is 2. The Morgan fingerprint density at radius 3 is 2.29 bits per heavy atom. The fourth-order valence-corrected chi connectivity index (χ4v) is 5.27. The summed E-state index contributed by atoms with van der Waals surface area (Å²) >= 11 is 0. The quantitative estimate of drug-likeness (QED) is 0.535. The third-order valence-electron chi connectivity index (χ3n) is 7.29. The van der Waals surface area contributed by atoms with E-state index >= 15 is 0 Å². The number of aliphatic carboxylic acids is 1. The number of hydrogen-bond acceptors (Lipinski definition) is 4. The SMILES string of the molecule is CCC[C@@H](NC(=O)OCC1c2ccccc2-c2ccccc21)C(=O)NC1CCCC1(C)C(=O)O. The van der Waals surface area contributed by atoms with Gasteiger partial charge in [-0.1, -0.05) is 68.3 Å². The van der Waals surface area contributed by atoms with Gasteiger partial charge in [0, 0.05) is 12.0 Å². The van der Waals surface area contributed by atoms with E-state index in [9.17, 15) is 19.5 Å². The Labute approximate surface area is 199 Å². The first-order valence-electron chi connectivity index (χ1n) is 12.0. The van der Waals surface area contributed by atoms with E-state index in [-0.39, 0.29) is 18.4 Å². The van der Waals surface area contributed by atoms with Gasteiger partial charge < -0.3 is 20.5 Å². The minimum Gasteiger partial charge on any atom is -0.481 e. The second-order valence-electron chi connectivity index (χ2n) is 9.49. The second-order valence-corrected chi connectivity index (χ2v) is 9.49. The van der Waals surface area contributed by atoms with Gasteiger partial charge in [0.1, 0.15) is 12.6 Å². The van der Waals surface area contributed by atoms with Crippen molar-refractivity contribution in [2.24, 2.45) is 5.41 Å². The molecule has 0 radical (unpaired) electrons. The van der Waals surface area contributed by atoms with Crippen LogP contribution in [-0.4, -0.2) is 41.8 Å². The molecule has 2 aromatic rings. The van der Waals surface area contributed by atoms with Gasteiger partial charge >= 0.3 is 12.1 Å². The molecule has 0 aromatic heterocycles. The average molecular weight is 465 g/mol. The Kier molecular flexibility index (Phi) is 6.91. The van der Waals surface area contributed by atoms with Gasteiger partial charge in [-0.15, -0.1) is 0 Å². The smallest absolute Gasteiger partial charge is 0.407 e. The molecule has 3 N–H and O–H groups in total. The maximum Gasteiger partial charge on any atom is 0.407 e. The summed E-state index contributed by atoms with van der Waals surface area (Å²) in [5.74, 6) is -1.34. The van der Waals surface area contributed by atoms with Crippen LogP contribution in [0.15, 0.2) is 48.5 Å². The number of alkyl carbamates (subject to hydrolysis) is 1. The molecule has 34 heavy (non-hydrogen) atoms. The first-order chi connectivity index (χ1) is 16.3. The highest BCUT2D eigenvalue weighted by Gasteiger charge is 2.46. The molecule has 4 rings (SSSR count). The first kappa shape index (κ1) is 23.8. The molecule has 1 fully saturated rings. The van der Waals surface area contributed by atoms with Crippen LogP contribution in [0.1, 0.15) is 63.0 Å². The van der Waals surface area contributed by atoms with Gasteiger partial charge in [0.25, 0.3) is 0 Å². The van der Waals surface area contributed by atoms with Crippen LogP contribution in [0, 0.1) is 5.41 Å². The number of carbonyl (C=O) groups is 3. The van der Waals surface area contributed by atoms with Gasteiger partial charge in [0.15, 0.2) is 0 Å². The zero-order valence-corrected chi connectivity index (χ0v) is 19.7. The maximum absolute atomic E-state index is 12.9. The van der Waals surface area contributed by atoms with E-state index in [1.807, 2.05) is 31.2 Å². The largest absolute Gasteiger partial charge is 0.481 e. The lowest BCUT2D eigenvalue weighted by Crippen LogP contribution is -2.53. The molecule has 0 heterocycles. The Hall–Kier alpha value is -3.35. The van der Waals surface area contributed by atoms with E-state index in [1.165, 1.54) is 0 Å². The van der Waals surface area contributed by atoms with E-state index < -0.39 is 29.6 Å². The van der Waals surface area contributed by atoms with Crippen molar-refractivity contribution in [3.8, 4) is 11.1 Å². The van der Waals surface area contributed by atoms with Crippen LogP contribution in [0.3, 0.4) is 0 Å². The minimum absolute atomic E-state index is 0.0636. The predicted octanol–water partition coefficient (Wildman–Crippen LogP) is 4.45. The lowest BCUT2D eigenvalue weighted by molar-refractivity contribution is -0.149. The summed E-state index contributed by atoms with van der Waals surface area (Å²) in [4.78, 5) is 37.4. The number of ether oxygens (including phenoxy) is 1. The monoisotopic (exact) mass is 464 g/mol. The highest BCUT2D eigenvalue weighted by molar-refractivity contribution is 5.87. The van der Waals surface area contributed by atoms with Crippen molar-refractivity contribution >= 4 is 18.0 Å². The molecular formula is C27H32N2O5. The molecule has 0 spiro atoms. The van der Waals surface area contributed by atoms with Crippen molar-refractivity contribution in [3.05, 3.63) is 59.7 Å². The number of hydrogen-bond donors (Lipinski definition) is 3. The van der Waals surface area contributed by atoms with Crippen LogP contribution in [0.5, 0.6) is 0 Å². The minimum atomic E-state index is -0.990. The number of carbonyl (C=O) groups excluding carboxylic acids is 2. The van der Waals surface area contributed by atoms with Crippen LogP contribution in [0.4, 0.5) is 4.79 Å². The van der Waals surface area contributed by atoms with Gasteiger partial charge in [-0.2, -0.15) is 0 Å². The van der Waals surface area contributed by atoms with Gasteiger partial charge in [0.2, 0.25) is 5.91 Å². The van der Waals surface area contributed by atoms with Crippen molar-refractivity contribution < 1.29 is 24.2 Å². The Morgan fingerprint density at radius 1 is 1.09 bits per heavy atom.